The van der Waals surface area contributed by atoms with Gasteiger partial charge >= 0.3 is 0 Å². The number of hydrogen-bond donors (Lipinski definition) is 0. The third-order valence-electron chi connectivity index (χ3n) is 2.62. The SMILES string of the molecule is Fc1ccccc1-c1cnn(-c2ccc(Cl)nn2)c1. The minimum atomic E-state index is -0.288. The highest BCUT2D eigenvalue weighted by Gasteiger charge is 2.08. The van der Waals surface area contributed by atoms with Crippen LogP contribution in [0.2, 0.25) is 5.15 Å². The molecule has 6 heteroatoms. The minimum Gasteiger partial charge on any atom is -0.220 e. The summed E-state index contributed by atoms with van der Waals surface area (Å²) in [6, 6.07) is 9.84. The van der Waals surface area contributed by atoms with Crippen LogP contribution in [0.15, 0.2) is 48.8 Å². The zero-order chi connectivity index (χ0) is 13.2. The predicted octanol–water partition coefficient (Wildman–Crippen LogP) is 3.12. The highest BCUT2D eigenvalue weighted by molar-refractivity contribution is 6.29. The van der Waals surface area contributed by atoms with Crippen LogP contribution in [0.4, 0.5) is 4.39 Å². The predicted molar refractivity (Wildman–Crippen MR) is 69.6 cm³/mol. The van der Waals surface area contributed by atoms with Crippen LogP contribution in [0.3, 0.4) is 0 Å². The molecule has 0 atom stereocenters. The van der Waals surface area contributed by atoms with Crippen molar-refractivity contribution in [3.8, 4) is 16.9 Å². The largest absolute Gasteiger partial charge is 0.220 e. The van der Waals surface area contributed by atoms with E-state index >= 15 is 0 Å². The molecule has 1 aromatic carbocycles. The Balaban J connectivity index is 2.00. The quantitative estimate of drug-likeness (QED) is 0.721. The lowest BCUT2D eigenvalue weighted by Gasteiger charge is -1.99. The van der Waals surface area contributed by atoms with Crippen LogP contribution >= 0.6 is 11.6 Å². The van der Waals surface area contributed by atoms with Gasteiger partial charge in [0.25, 0.3) is 0 Å². The fourth-order valence-corrected chi connectivity index (χ4v) is 1.81. The fraction of sp³-hybridized carbons (Fsp3) is 0. The van der Waals surface area contributed by atoms with Gasteiger partial charge in [-0.1, -0.05) is 29.8 Å². The molecule has 94 valence electrons. The third-order valence-corrected chi connectivity index (χ3v) is 2.82. The standard InChI is InChI=1S/C13H8ClFN4/c14-12-5-6-13(18-17-12)19-8-9(7-16-19)10-3-1-2-4-11(10)15/h1-8H. The molecular weight excluding hydrogens is 267 g/mol. The van der Waals surface area contributed by atoms with E-state index < -0.39 is 0 Å². The van der Waals surface area contributed by atoms with E-state index in [2.05, 4.69) is 15.3 Å². The van der Waals surface area contributed by atoms with Gasteiger partial charge in [-0.2, -0.15) is 5.10 Å². The van der Waals surface area contributed by atoms with Crippen LogP contribution in [0, 0.1) is 5.82 Å². The Morgan fingerprint density at radius 2 is 1.89 bits per heavy atom. The summed E-state index contributed by atoms with van der Waals surface area (Å²) in [7, 11) is 0. The topological polar surface area (TPSA) is 43.6 Å². The van der Waals surface area contributed by atoms with Gasteiger partial charge in [0.2, 0.25) is 0 Å². The Bertz CT molecular complexity index is 709. The number of nitrogens with zero attached hydrogens (tertiary/aromatic N) is 4. The van der Waals surface area contributed by atoms with Crippen LogP contribution in [-0.2, 0) is 0 Å². The van der Waals surface area contributed by atoms with Crippen molar-refractivity contribution in [3.05, 3.63) is 59.8 Å². The van der Waals surface area contributed by atoms with Gasteiger partial charge in [0.15, 0.2) is 11.0 Å². The molecule has 0 amide bonds. The monoisotopic (exact) mass is 274 g/mol. The summed E-state index contributed by atoms with van der Waals surface area (Å²) in [5.74, 6) is 0.233. The number of rotatable bonds is 2. The smallest absolute Gasteiger partial charge is 0.175 e. The zero-order valence-corrected chi connectivity index (χ0v) is 10.4. The van der Waals surface area contributed by atoms with E-state index in [1.54, 1.807) is 42.7 Å². The highest BCUT2D eigenvalue weighted by atomic mass is 35.5. The molecule has 0 N–H and O–H groups in total. The molecule has 0 bridgehead atoms. The molecule has 0 unspecified atom stereocenters. The summed E-state index contributed by atoms with van der Waals surface area (Å²) in [6.07, 6.45) is 3.27. The van der Waals surface area contributed by atoms with Crippen LogP contribution in [-0.4, -0.2) is 20.0 Å². The van der Waals surface area contributed by atoms with Crippen LogP contribution in [0.5, 0.6) is 0 Å². The van der Waals surface area contributed by atoms with Crippen molar-refractivity contribution in [2.75, 3.05) is 0 Å². The van der Waals surface area contributed by atoms with Crippen molar-refractivity contribution in [2.45, 2.75) is 0 Å². The molecule has 0 spiro atoms. The molecule has 0 aliphatic carbocycles. The molecule has 3 rings (SSSR count). The number of benzene rings is 1. The second-order valence-corrected chi connectivity index (χ2v) is 4.25. The van der Waals surface area contributed by atoms with Crippen molar-refractivity contribution in [1.29, 1.82) is 0 Å². The van der Waals surface area contributed by atoms with Crippen molar-refractivity contribution in [1.82, 2.24) is 20.0 Å². The second-order valence-electron chi connectivity index (χ2n) is 3.87. The van der Waals surface area contributed by atoms with Crippen molar-refractivity contribution >= 4 is 11.6 Å². The lowest BCUT2D eigenvalue weighted by Crippen LogP contribution is -1.98. The van der Waals surface area contributed by atoms with E-state index in [9.17, 15) is 4.39 Å². The Morgan fingerprint density at radius 1 is 1.05 bits per heavy atom. The molecule has 0 aliphatic rings. The Labute approximate surface area is 113 Å². The van der Waals surface area contributed by atoms with E-state index in [-0.39, 0.29) is 5.82 Å². The summed E-state index contributed by atoms with van der Waals surface area (Å²) in [6.45, 7) is 0. The van der Waals surface area contributed by atoms with Gasteiger partial charge in [0.05, 0.1) is 6.20 Å². The molecular formula is C13H8ClFN4. The highest BCUT2D eigenvalue weighted by Crippen LogP contribution is 2.22. The minimum absolute atomic E-state index is 0.288. The van der Waals surface area contributed by atoms with Gasteiger partial charge in [-0.05, 0) is 18.2 Å². The molecule has 19 heavy (non-hydrogen) atoms. The normalized spacial score (nSPS) is 10.6. The lowest BCUT2D eigenvalue weighted by atomic mass is 10.1. The maximum atomic E-state index is 13.7. The molecule has 4 nitrogen and oxygen atoms in total. The van der Waals surface area contributed by atoms with Gasteiger partial charge in [-0.15, -0.1) is 10.2 Å². The van der Waals surface area contributed by atoms with E-state index in [0.29, 0.717) is 22.1 Å². The fourth-order valence-electron chi connectivity index (χ4n) is 1.71. The van der Waals surface area contributed by atoms with E-state index in [4.69, 9.17) is 11.6 Å². The zero-order valence-electron chi connectivity index (χ0n) is 9.66. The van der Waals surface area contributed by atoms with E-state index in [1.807, 2.05) is 0 Å². The van der Waals surface area contributed by atoms with E-state index in [1.165, 1.54) is 10.7 Å². The molecule has 0 aliphatic heterocycles. The Hall–Kier alpha value is -2.27. The molecule has 2 heterocycles. The van der Waals surface area contributed by atoms with Crippen LogP contribution in [0.1, 0.15) is 0 Å². The van der Waals surface area contributed by atoms with Gasteiger partial charge in [0.1, 0.15) is 5.82 Å². The average molecular weight is 275 g/mol. The van der Waals surface area contributed by atoms with Gasteiger partial charge in [-0.25, -0.2) is 9.07 Å². The second kappa shape index (κ2) is 4.78. The molecule has 0 saturated carbocycles. The summed E-state index contributed by atoms with van der Waals surface area (Å²) in [5.41, 5.74) is 1.17. The summed E-state index contributed by atoms with van der Waals surface area (Å²) >= 11 is 5.67. The van der Waals surface area contributed by atoms with Crippen molar-refractivity contribution < 1.29 is 4.39 Å². The first kappa shape index (κ1) is 11.8. The first-order valence-electron chi connectivity index (χ1n) is 5.53. The Kier molecular flexibility index (Phi) is 2.97. The number of hydrogen-bond acceptors (Lipinski definition) is 3. The summed E-state index contributed by atoms with van der Waals surface area (Å²) < 4.78 is 15.2. The first-order valence-corrected chi connectivity index (χ1v) is 5.91. The van der Waals surface area contributed by atoms with Crippen LogP contribution < -0.4 is 0 Å². The molecule has 2 aromatic heterocycles. The van der Waals surface area contributed by atoms with E-state index in [0.717, 1.165) is 0 Å². The number of halogens is 2. The third kappa shape index (κ3) is 2.32. The maximum absolute atomic E-state index is 13.7. The summed E-state index contributed by atoms with van der Waals surface area (Å²) in [5, 5.41) is 12.1. The lowest BCUT2D eigenvalue weighted by molar-refractivity contribution is 0.631. The first-order chi connectivity index (χ1) is 9.24. The maximum Gasteiger partial charge on any atom is 0.175 e. The van der Waals surface area contributed by atoms with Gasteiger partial charge in [0, 0.05) is 17.3 Å². The molecule has 0 saturated heterocycles. The Morgan fingerprint density at radius 3 is 2.63 bits per heavy atom. The van der Waals surface area contributed by atoms with Gasteiger partial charge < -0.3 is 0 Å². The molecule has 0 fully saturated rings. The van der Waals surface area contributed by atoms with Crippen molar-refractivity contribution in [3.63, 3.8) is 0 Å². The average Bonchev–Trinajstić information content (AvgIpc) is 2.89. The summed E-state index contributed by atoms with van der Waals surface area (Å²) in [4.78, 5) is 0. The number of aromatic nitrogens is 4. The van der Waals surface area contributed by atoms with Crippen LogP contribution in [0.25, 0.3) is 16.9 Å². The molecule has 0 radical (unpaired) electrons. The molecule has 3 aromatic rings. The van der Waals surface area contributed by atoms with Crippen molar-refractivity contribution in [2.24, 2.45) is 0 Å². The van der Waals surface area contributed by atoms with Gasteiger partial charge in [-0.3, -0.25) is 0 Å².